The standard InChI is InChI=1S/C13H20ClN3O2/c1-5-16-17(12(18)19-13(2,3)4)9-10-6-7-11(14)15-8-10/h6-8,16H,5,9H2,1-4H3. The van der Waals surface area contributed by atoms with Crippen LogP contribution in [0.2, 0.25) is 5.15 Å². The van der Waals surface area contributed by atoms with Crippen LogP contribution in [-0.4, -0.2) is 28.2 Å². The van der Waals surface area contributed by atoms with Crippen molar-refractivity contribution in [2.24, 2.45) is 0 Å². The van der Waals surface area contributed by atoms with Crippen LogP contribution < -0.4 is 5.43 Å². The van der Waals surface area contributed by atoms with E-state index in [0.717, 1.165) is 5.56 Å². The number of rotatable bonds is 4. The maximum Gasteiger partial charge on any atom is 0.425 e. The van der Waals surface area contributed by atoms with Gasteiger partial charge in [-0.2, -0.15) is 0 Å². The first kappa shape index (κ1) is 15.7. The van der Waals surface area contributed by atoms with Crippen molar-refractivity contribution in [3.05, 3.63) is 29.0 Å². The van der Waals surface area contributed by atoms with Crippen molar-refractivity contribution in [1.82, 2.24) is 15.4 Å². The monoisotopic (exact) mass is 285 g/mol. The zero-order valence-corrected chi connectivity index (χ0v) is 12.5. The second-order valence-corrected chi connectivity index (χ2v) is 5.45. The highest BCUT2D eigenvalue weighted by Crippen LogP contribution is 2.12. The van der Waals surface area contributed by atoms with Crippen LogP contribution in [0.25, 0.3) is 0 Å². The Labute approximate surface area is 118 Å². The first-order chi connectivity index (χ1) is 8.81. The summed E-state index contributed by atoms with van der Waals surface area (Å²) in [4.78, 5) is 16.0. The van der Waals surface area contributed by atoms with Crippen molar-refractivity contribution in [1.29, 1.82) is 0 Å². The number of aromatic nitrogens is 1. The van der Waals surface area contributed by atoms with E-state index in [2.05, 4.69) is 10.4 Å². The fourth-order valence-corrected chi connectivity index (χ4v) is 1.49. The van der Waals surface area contributed by atoms with Gasteiger partial charge in [0.15, 0.2) is 0 Å². The maximum absolute atomic E-state index is 12.0. The van der Waals surface area contributed by atoms with Gasteiger partial charge in [0, 0.05) is 12.7 Å². The zero-order valence-electron chi connectivity index (χ0n) is 11.7. The van der Waals surface area contributed by atoms with Crippen LogP contribution in [0.1, 0.15) is 33.3 Å². The second-order valence-electron chi connectivity index (χ2n) is 5.07. The van der Waals surface area contributed by atoms with Crippen LogP contribution in [0.5, 0.6) is 0 Å². The lowest BCUT2D eigenvalue weighted by atomic mass is 10.2. The van der Waals surface area contributed by atoms with Gasteiger partial charge in [-0.15, -0.1) is 0 Å². The van der Waals surface area contributed by atoms with Crippen LogP contribution in [0.15, 0.2) is 18.3 Å². The summed E-state index contributed by atoms with van der Waals surface area (Å²) in [6.07, 6.45) is 1.22. The molecule has 1 amide bonds. The Bertz CT molecular complexity index is 415. The maximum atomic E-state index is 12.0. The highest BCUT2D eigenvalue weighted by molar-refractivity contribution is 6.29. The fourth-order valence-electron chi connectivity index (χ4n) is 1.38. The predicted molar refractivity (Wildman–Crippen MR) is 74.7 cm³/mol. The van der Waals surface area contributed by atoms with E-state index >= 15 is 0 Å². The Balaban J connectivity index is 2.72. The summed E-state index contributed by atoms with van der Waals surface area (Å²) in [5.41, 5.74) is 3.31. The lowest BCUT2D eigenvalue weighted by molar-refractivity contribution is 0.0120. The van der Waals surface area contributed by atoms with Crippen molar-refractivity contribution in [2.45, 2.75) is 39.8 Å². The molecule has 0 aromatic carbocycles. The molecule has 0 aliphatic carbocycles. The summed E-state index contributed by atoms with van der Waals surface area (Å²) in [6, 6.07) is 3.51. The average molecular weight is 286 g/mol. The van der Waals surface area contributed by atoms with Crippen molar-refractivity contribution in [3.63, 3.8) is 0 Å². The minimum absolute atomic E-state index is 0.368. The molecule has 1 rings (SSSR count). The molecular formula is C13H20ClN3O2. The van der Waals surface area contributed by atoms with E-state index in [1.807, 2.05) is 33.8 Å². The zero-order chi connectivity index (χ0) is 14.5. The minimum Gasteiger partial charge on any atom is -0.443 e. The molecular weight excluding hydrogens is 266 g/mol. The SMILES string of the molecule is CCNN(Cc1ccc(Cl)nc1)C(=O)OC(C)(C)C. The van der Waals surface area contributed by atoms with E-state index < -0.39 is 11.7 Å². The van der Waals surface area contributed by atoms with Gasteiger partial charge in [0.2, 0.25) is 0 Å². The molecule has 0 saturated carbocycles. The number of amides is 1. The molecule has 1 aromatic rings. The number of carbonyl (C=O) groups excluding carboxylic acids is 1. The number of pyridine rings is 1. The average Bonchev–Trinajstić information content (AvgIpc) is 2.29. The van der Waals surface area contributed by atoms with Gasteiger partial charge in [-0.25, -0.2) is 20.2 Å². The summed E-state index contributed by atoms with van der Waals surface area (Å²) in [5.74, 6) is 0. The van der Waals surface area contributed by atoms with E-state index in [0.29, 0.717) is 18.2 Å². The van der Waals surface area contributed by atoms with E-state index in [1.54, 1.807) is 12.3 Å². The molecule has 0 aliphatic heterocycles. The summed E-state index contributed by atoms with van der Waals surface area (Å²) in [7, 11) is 0. The molecule has 106 valence electrons. The van der Waals surface area contributed by atoms with E-state index in [9.17, 15) is 4.79 Å². The molecule has 0 spiro atoms. The van der Waals surface area contributed by atoms with Gasteiger partial charge in [-0.1, -0.05) is 24.6 Å². The third-order valence-electron chi connectivity index (χ3n) is 2.09. The number of carbonyl (C=O) groups is 1. The molecule has 1 aromatic heterocycles. The number of hydrogen-bond acceptors (Lipinski definition) is 4. The second kappa shape index (κ2) is 6.73. The van der Waals surface area contributed by atoms with E-state index in [1.165, 1.54) is 5.01 Å². The Morgan fingerprint density at radius 3 is 2.63 bits per heavy atom. The summed E-state index contributed by atoms with van der Waals surface area (Å²) in [5, 5.41) is 1.85. The number of hydrogen-bond donors (Lipinski definition) is 1. The van der Waals surface area contributed by atoms with Crippen LogP contribution >= 0.6 is 11.6 Å². The van der Waals surface area contributed by atoms with Gasteiger partial charge in [0.25, 0.3) is 0 Å². The Morgan fingerprint density at radius 1 is 1.47 bits per heavy atom. The highest BCUT2D eigenvalue weighted by Gasteiger charge is 2.21. The fraction of sp³-hybridized carbons (Fsp3) is 0.538. The van der Waals surface area contributed by atoms with Crippen molar-refractivity contribution in [3.8, 4) is 0 Å². The van der Waals surface area contributed by atoms with Gasteiger partial charge < -0.3 is 4.74 Å². The molecule has 19 heavy (non-hydrogen) atoms. The molecule has 6 heteroatoms. The highest BCUT2D eigenvalue weighted by atomic mass is 35.5. The lowest BCUT2D eigenvalue weighted by Crippen LogP contribution is -2.44. The van der Waals surface area contributed by atoms with Crippen molar-refractivity contribution in [2.75, 3.05) is 6.54 Å². The number of nitrogens with zero attached hydrogens (tertiary/aromatic N) is 2. The number of halogens is 1. The summed E-state index contributed by atoms with van der Waals surface area (Å²) in [6.45, 7) is 8.40. The van der Waals surface area contributed by atoms with Crippen LogP contribution in [0.4, 0.5) is 4.79 Å². The molecule has 0 atom stereocenters. The third kappa shape index (κ3) is 5.89. The lowest BCUT2D eigenvalue weighted by Gasteiger charge is -2.27. The molecule has 0 radical (unpaired) electrons. The van der Waals surface area contributed by atoms with Gasteiger partial charge >= 0.3 is 6.09 Å². The van der Waals surface area contributed by atoms with Gasteiger partial charge in [-0.3, -0.25) is 0 Å². The largest absolute Gasteiger partial charge is 0.443 e. The Kier molecular flexibility index (Phi) is 5.57. The van der Waals surface area contributed by atoms with Crippen LogP contribution in [0.3, 0.4) is 0 Å². The predicted octanol–water partition coefficient (Wildman–Crippen LogP) is 3.00. The molecule has 1 N–H and O–H groups in total. The third-order valence-corrected chi connectivity index (χ3v) is 2.32. The number of nitrogens with one attached hydrogen (secondary N) is 1. The molecule has 0 unspecified atom stereocenters. The van der Waals surface area contributed by atoms with Gasteiger partial charge in [0.1, 0.15) is 10.8 Å². The molecule has 1 heterocycles. The topological polar surface area (TPSA) is 54.5 Å². The molecule has 0 saturated heterocycles. The van der Waals surface area contributed by atoms with E-state index in [4.69, 9.17) is 16.3 Å². The Hall–Kier alpha value is -1.33. The minimum atomic E-state index is -0.525. The molecule has 0 aliphatic rings. The summed E-state index contributed by atoms with van der Waals surface area (Å²) < 4.78 is 5.33. The molecule has 0 fully saturated rings. The van der Waals surface area contributed by atoms with Crippen molar-refractivity contribution < 1.29 is 9.53 Å². The molecule has 5 nitrogen and oxygen atoms in total. The first-order valence-corrected chi connectivity index (χ1v) is 6.54. The normalized spacial score (nSPS) is 11.2. The first-order valence-electron chi connectivity index (χ1n) is 6.16. The number of hydrazine groups is 1. The van der Waals surface area contributed by atoms with Crippen LogP contribution in [0, 0.1) is 0 Å². The quantitative estimate of drug-likeness (QED) is 0.682. The Morgan fingerprint density at radius 2 is 2.16 bits per heavy atom. The van der Waals surface area contributed by atoms with Gasteiger partial charge in [0.05, 0.1) is 6.54 Å². The van der Waals surface area contributed by atoms with Crippen LogP contribution in [-0.2, 0) is 11.3 Å². The van der Waals surface area contributed by atoms with Crippen molar-refractivity contribution >= 4 is 17.7 Å². The summed E-state index contributed by atoms with van der Waals surface area (Å²) >= 11 is 5.73. The number of ether oxygens (including phenoxy) is 1. The van der Waals surface area contributed by atoms with E-state index in [-0.39, 0.29) is 0 Å². The van der Waals surface area contributed by atoms with Gasteiger partial charge in [-0.05, 0) is 32.4 Å². The molecule has 0 bridgehead atoms. The smallest absolute Gasteiger partial charge is 0.425 e.